The van der Waals surface area contributed by atoms with Gasteiger partial charge in [0.05, 0.1) is 4.92 Å². The number of nitrogens with two attached hydrogens (primary N) is 1. The molecule has 1 heterocycles. The van der Waals surface area contributed by atoms with E-state index < -0.39 is 4.92 Å². The van der Waals surface area contributed by atoms with Crippen LogP contribution in [0.4, 0.5) is 5.69 Å². The van der Waals surface area contributed by atoms with Gasteiger partial charge in [0.2, 0.25) is 11.6 Å². The van der Waals surface area contributed by atoms with Gasteiger partial charge in [-0.15, -0.1) is 0 Å². The lowest BCUT2D eigenvalue weighted by atomic mass is 9.86. The molecule has 1 aromatic rings. The number of nitriles is 1. The SMILES string of the molecule is N#Cc1nc(OC2CCCCC2CN)ccc1[N+](=O)[O-]. The third-order valence-corrected chi connectivity index (χ3v) is 3.57. The quantitative estimate of drug-likeness (QED) is 0.661. The number of ether oxygens (including phenoxy) is 1. The highest BCUT2D eigenvalue weighted by atomic mass is 16.6. The molecule has 2 unspecified atom stereocenters. The van der Waals surface area contributed by atoms with Crippen molar-refractivity contribution in [1.82, 2.24) is 4.98 Å². The molecule has 7 heteroatoms. The maximum Gasteiger partial charge on any atom is 0.305 e. The van der Waals surface area contributed by atoms with Crippen LogP contribution in [0.15, 0.2) is 12.1 Å². The molecule has 0 amide bonds. The number of nitro groups is 1. The van der Waals surface area contributed by atoms with Crippen LogP contribution in [0, 0.1) is 27.4 Å². The van der Waals surface area contributed by atoms with Gasteiger partial charge in [-0.3, -0.25) is 10.1 Å². The molecule has 0 aromatic carbocycles. The topological polar surface area (TPSA) is 115 Å². The molecular weight excluding hydrogens is 260 g/mol. The Morgan fingerprint density at radius 3 is 2.90 bits per heavy atom. The summed E-state index contributed by atoms with van der Waals surface area (Å²) in [6, 6.07) is 4.41. The summed E-state index contributed by atoms with van der Waals surface area (Å²) in [4.78, 5) is 14.0. The van der Waals surface area contributed by atoms with Crippen molar-refractivity contribution in [3.05, 3.63) is 27.9 Å². The number of hydrogen-bond acceptors (Lipinski definition) is 6. The second-order valence-corrected chi connectivity index (χ2v) is 4.82. The minimum Gasteiger partial charge on any atom is -0.474 e. The molecule has 20 heavy (non-hydrogen) atoms. The molecule has 0 radical (unpaired) electrons. The predicted molar refractivity (Wildman–Crippen MR) is 71.0 cm³/mol. The number of rotatable bonds is 4. The number of pyridine rings is 1. The van der Waals surface area contributed by atoms with Crippen LogP contribution in [0.3, 0.4) is 0 Å². The first-order valence-corrected chi connectivity index (χ1v) is 6.58. The molecule has 106 valence electrons. The zero-order chi connectivity index (χ0) is 14.5. The fourth-order valence-corrected chi connectivity index (χ4v) is 2.48. The van der Waals surface area contributed by atoms with Crippen LogP contribution in [0.25, 0.3) is 0 Å². The predicted octanol–water partition coefficient (Wildman–Crippen LogP) is 1.76. The highest BCUT2D eigenvalue weighted by Crippen LogP contribution is 2.28. The van der Waals surface area contributed by atoms with Crippen molar-refractivity contribution in [1.29, 1.82) is 5.26 Å². The van der Waals surface area contributed by atoms with Gasteiger partial charge in [-0.05, 0) is 25.8 Å². The van der Waals surface area contributed by atoms with E-state index >= 15 is 0 Å². The third kappa shape index (κ3) is 3.03. The maximum atomic E-state index is 10.7. The molecule has 1 aliphatic carbocycles. The normalized spacial score (nSPS) is 22.0. The zero-order valence-corrected chi connectivity index (χ0v) is 11.0. The van der Waals surface area contributed by atoms with Gasteiger partial charge in [0.25, 0.3) is 0 Å². The highest BCUT2D eigenvalue weighted by Gasteiger charge is 2.26. The van der Waals surface area contributed by atoms with Gasteiger partial charge in [-0.25, -0.2) is 0 Å². The number of aromatic nitrogens is 1. The van der Waals surface area contributed by atoms with E-state index in [0.717, 1.165) is 25.7 Å². The molecule has 1 saturated carbocycles. The molecule has 0 aliphatic heterocycles. The molecule has 2 atom stereocenters. The summed E-state index contributed by atoms with van der Waals surface area (Å²) in [5, 5.41) is 19.6. The van der Waals surface area contributed by atoms with Crippen LogP contribution in [-0.2, 0) is 0 Å². The Hall–Kier alpha value is -2.20. The fraction of sp³-hybridized carbons (Fsp3) is 0.538. The van der Waals surface area contributed by atoms with E-state index in [9.17, 15) is 10.1 Å². The van der Waals surface area contributed by atoms with Crippen LogP contribution in [-0.4, -0.2) is 22.6 Å². The standard InChI is InChI=1S/C13H16N4O3/c14-7-9-3-1-2-4-12(9)20-13-6-5-11(17(18)19)10(8-15)16-13/h5-6,9,12H,1-4,7,14H2. The number of hydrogen-bond donors (Lipinski definition) is 1. The molecule has 7 nitrogen and oxygen atoms in total. The second-order valence-electron chi connectivity index (χ2n) is 4.82. The van der Waals surface area contributed by atoms with Gasteiger partial charge in [-0.2, -0.15) is 10.2 Å². The van der Waals surface area contributed by atoms with Crippen molar-refractivity contribution in [2.45, 2.75) is 31.8 Å². The zero-order valence-electron chi connectivity index (χ0n) is 11.0. The number of nitrogens with zero attached hydrogens (tertiary/aromatic N) is 3. The lowest BCUT2D eigenvalue weighted by Crippen LogP contribution is -2.35. The summed E-state index contributed by atoms with van der Waals surface area (Å²) in [5.41, 5.74) is 5.19. The first kappa shape index (κ1) is 14.2. The van der Waals surface area contributed by atoms with Crippen molar-refractivity contribution in [3.63, 3.8) is 0 Å². The van der Waals surface area contributed by atoms with Crippen LogP contribution in [0.2, 0.25) is 0 Å². The van der Waals surface area contributed by atoms with Crippen molar-refractivity contribution in [2.24, 2.45) is 11.7 Å². The highest BCUT2D eigenvalue weighted by molar-refractivity contribution is 5.45. The van der Waals surface area contributed by atoms with Crippen molar-refractivity contribution in [2.75, 3.05) is 6.54 Å². The molecule has 1 aromatic heterocycles. The second kappa shape index (κ2) is 6.30. The van der Waals surface area contributed by atoms with Gasteiger partial charge in [0, 0.05) is 18.1 Å². The summed E-state index contributed by atoms with van der Waals surface area (Å²) < 4.78 is 5.77. The van der Waals surface area contributed by atoms with Gasteiger partial charge in [-0.1, -0.05) is 6.42 Å². The molecule has 2 N–H and O–H groups in total. The fourth-order valence-electron chi connectivity index (χ4n) is 2.48. The van der Waals surface area contributed by atoms with Gasteiger partial charge in [0.1, 0.15) is 12.2 Å². The Morgan fingerprint density at radius 2 is 2.25 bits per heavy atom. The van der Waals surface area contributed by atoms with E-state index in [1.54, 1.807) is 6.07 Å². The molecule has 1 aliphatic rings. The third-order valence-electron chi connectivity index (χ3n) is 3.57. The van der Waals surface area contributed by atoms with E-state index in [1.165, 1.54) is 12.1 Å². The molecule has 1 fully saturated rings. The maximum absolute atomic E-state index is 10.7. The van der Waals surface area contributed by atoms with E-state index in [2.05, 4.69) is 4.98 Å². The summed E-state index contributed by atoms with van der Waals surface area (Å²) in [7, 11) is 0. The Morgan fingerprint density at radius 1 is 1.50 bits per heavy atom. The first-order chi connectivity index (χ1) is 9.65. The van der Waals surface area contributed by atoms with Gasteiger partial charge >= 0.3 is 5.69 Å². The average Bonchev–Trinajstić information content (AvgIpc) is 2.47. The lowest BCUT2D eigenvalue weighted by molar-refractivity contribution is -0.385. The smallest absolute Gasteiger partial charge is 0.305 e. The van der Waals surface area contributed by atoms with Crippen molar-refractivity contribution >= 4 is 5.69 Å². The minimum atomic E-state index is -0.626. The molecular formula is C13H16N4O3. The van der Waals surface area contributed by atoms with Crippen molar-refractivity contribution in [3.8, 4) is 11.9 Å². The van der Waals surface area contributed by atoms with Crippen LogP contribution < -0.4 is 10.5 Å². The van der Waals surface area contributed by atoms with E-state index in [-0.39, 0.29) is 29.3 Å². The Bertz CT molecular complexity index is 541. The van der Waals surface area contributed by atoms with Crippen molar-refractivity contribution < 1.29 is 9.66 Å². The van der Waals surface area contributed by atoms with E-state index in [0.29, 0.717) is 6.54 Å². The Kier molecular flexibility index (Phi) is 4.48. The lowest BCUT2D eigenvalue weighted by Gasteiger charge is -2.30. The largest absolute Gasteiger partial charge is 0.474 e. The Labute approximate surface area is 116 Å². The summed E-state index contributed by atoms with van der Waals surface area (Å²) in [5.74, 6) is 0.517. The van der Waals surface area contributed by atoms with E-state index in [1.807, 2.05) is 0 Å². The Balaban J connectivity index is 2.17. The molecule has 0 saturated heterocycles. The first-order valence-electron chi connectivity index (χ1n) is 6.58. The molecule has 2 rings (SSSR count). The van der Waals surface area contributed by atoms with Crippen LogP contribution in [0.5, 0.6) is 5.88 Å². The van der Waals surface area contributed by atoms with Crippen LogP contribution in [0.1, 0.15) is 31.4 Å². The summed E-state index contributed by atoms with van der Waals surface area (Å²) >= 11 is 0. The average molecular weight is 276 g/mol. The summed E-state index contributed by atoms with van der Waals surface area (Å²) in [6.45, 7) is 0.544. The monoisotopic (exact) mass is 276 g/mol. The minimum absolute atomic E-state index is 0.0331. The molecule has 0 bridgehead atoms. The molecule has 0 spiro atoms. The van der Waals surface area contributed by atoms with Gasteiger partial charge < -0.3 is 10.5 Å². The van der Waals surface area contributed by atoms with E-state index in [4.69, 9.17) is 15.7 Å². The summed E-state index contributed by atoms with van der Waals surface area (Å²) in [6.07, 6.45) is 4.08. The van der Waals surface area contributed by atoms with Gasteiger partial charge in [0.15, 0.2) is 0 Å². The van der Waals surface area contributed by atoms with Crippen LogP contribution >= 0.6 is 0 Å².